The molecule has 2 rings (SSSR count). The average molecular weight is 391 g/mol. The minimum Gasteiger partial charge on any atom is -0.507 e. The third-order valence-electron chi connectivity index (χ3n) is 3.85. The zero-order chi connectivity index (χ0) is 17.9. The SMILES string of the molecule is CCCCCCc1cc(Cl)c(O)c(C(=O)c2c[nH]c(Cl)c2Cl)c1O. The standard InChI is InChI=1S/C17H18Cl3NO3/c1-2-3-4-5-6-9-7-11(18)16(24)12(14(9)22)15(23)10-8-21-17(20)13(10)19/h7-8,21-22,24H,2-6H2,1H3. The molecule has 0 bridgehead atoms. The molecule has 0 fully saturated rings. The number of phenolic OH excluding ortho intramolecular Hbond substituents is 2. The number of benzene rings is 1. The van der Waals surface area contributed by atoms with Gasteiger partial charge in [0.05, 0.1) is 15.6 Å². The van der Waals surface area contributed by atoms with Crippen molar-refractivity contribution in [3.05, 3.63) is 44.2 Å². The van der Waals surface area contributed by atoms with Gasteiger partial charge < -0.3 is 15.2 Å². The molecule has 4 nitrogen and oxygen atoms in total. The summed E-state index contributed by atoms with van der Waals surface area (Å²) in [6.45, 7) is 2.11. The summed E-state index contributed by atoms with van der Waals surface area (Å²) >= 11 is 17.8. The van der Waals surface area contributed by atoms with E-state index in [0.29, 0.717) is 12.0 Å². The van der Waals surface area contributed by atoms with Crippen LogP contribution in [0.5, 0.6) is 11.5 Å². The lowest BCUT2D eigenvalue weighted by Crippen LogP contribution is -2.04. The molecule has 0 radical (unpaired) electrons. The van der Waals surface area contributed by atoms with Crippen LogP contribution in [0, 0.1) is 0 Å². The zero-order valence-electron chi connectivity index (χ0n) is 13.1. The highest BCUT2D eigenvalue weighted by Gasteiger charge is 2.26. The first-order valence-corrected chi connectivity index (χ1v) is 8.82. The van der Waals surface area contributed by atoms with Gasteiger partial charge >= 0.3 is 0 Å². The van der Waals surface area contributed by atoms with Gasteiger partial charge in [0.1, 0.15) is 22.2 Å². The highest BCUT2D eigenvalue weighted by molar-refractivity contribution is 6.44. The molecule has 1 aromatic carbocycles. The molecule has 1 heterocycles. The maximum absolute atomic E-state index is 12.7. The molecule has 0 amide bonds. The van der Waals surface area contributed by atoms with Crippen LogP contribution in [0.3, 0.4) is 0 Å². The molecule has 130 valence electrons. The van der Waals surface area contributed by atoms with E-state index < -0.39 is 11.5 Å². The van der Waals surface area contributed by atoms with E-state index in [4.69, 9.17) is 34.8 Å². The van der Waals surface area contributed by atoms with Crippen LogP contribution in [0.4, 0.5) is 0 Å². The second kappa shape index (κ2) is 8.15. The van der Waals surface area contributed by atoms with E-state index in [2.05, 4.69) is 11.9 Å². The Hall–Kier alpha value is -1.36. The first kappa shape index (κ1) is 19.0. The summed E-state index contributed by atoms with van der Waals surface area (Å²) in [4.78, 5) is 15.3. The molecule has 3 N–H and O–H groups in total. The highest BCUT2D eigenvalue weighted by Crippen LogP contribution is 2.40. The third kappa shape index (κ3) is 3.82. The summed E-state index contributed by atoms with van der Waals surface area (Å²) in [6, 6.07) is 1.49. The quantitative estimate of drug-likeness (QED) is 0.417. The monoisotopic (exact) mass is 389 g/mol. The summed E-state index contributed by atoms with van der Waals surface area (Å²) in [6.07, 6.45) is 5.94. The van der Waals surface area contributed by atoms with E-state index in [1.54, 1.807) is 0 Å². The third-order valence-corrected chi connectivity index (χ3v) is 4.92. The maximum Gasteiger partial charge on any atom is 0.203 e. The number of halogens is 3. The fourth-order valence-electron chi connectivity index (χ4n) is 2.51. The summed E-state index contributed by atoms with van der Waals surface area (Å²) < 4.78 is 0. The summed E-state index contributed by atoms with van der Waals surface area (Å²) in [7, 11) is 0. The number of carbonyl (C=O) groups is 1. The number of H-pyrrole nitrogens is 1. The number of carbonyl (C=O) groups excluding carboxylic acids is 1. The molecule has 0 aliphatic carbocycles. The summed E-state index contributed by atoms with van der Waals surface area (Å²) in [5.41, 5.74) is 0.326. The van der Waals surface area contributed by atoms with Gasteiger partial charge in [-0.1, -0.05) is 61.0 Å². The Morgan fingerprint density at radius 1 is 1.12 bits per heavy atom. The zero-order valence-corrected chi connectivity index (χ0v) is 15.4. The molecule has 0 saturated carbocycles. The minimum absolute atomic E-state index is 0.0133. The Morgan fingerprint density at radius 2 is 1.83 bits per heavy atom. The molecule has 0 aliphatic heterocycles. The van der Waals surface area contributed by atoms with Crippen LogP contribution in [-0.2, 0) is 6.42 Å². The average Bonchev–Trinajstić information content (AvgIpc) is 2.88. The van der Waals surface area contributed by atoms with Gasteiger partial charge in [-0.2, -0.15) is 0 Å². The van der Waals surface area contributed by atoms with Crippen LogP contribution >= 0.6 is 34.8 Å². The van der Waals surface area contributed by atoms with E-state index in [9.17, 15) is 15.0 Å². The lowest BCUT2D eigenvalue weighted by atomic mass is 9.97. The fourth-order valence-corrected chi connectivity index (χ4v) is 3.09. The van der Waals surface area contributed by atoms with Gasteiger partial charge in [-0.3, -0.25) is 4.79 Å². The number of hydrogen-bond donors (Lipinski definition) is 3. The summed E-state index contributed by atoms with van der Waals surface area (Å²) in [5.74, 6) is -1.38. The molecule has 24 heavy (non-hydrogen) atoms. The molecule has 0 aliphatic rings. The molecule has 7 heteroatoms. The number of aryl methyl sites for hydroxylation is 1. The van der Waals surface area contributed by atoms with Crippen LogP contribution < -0.4 is 0 Å². The predicted molar refractivity (Wildman–Crippen MR) is 96.9 cm³/mol. The van der Waals surface area contributed by atoms with E-state index in [1.165, 1.54) is 12.3 Å². The number of ketones is 1. The Balaban J connectivity index is 2.40. The van der Waals surface area contributed by atoms with E-state index >= 15 is 0 Å². The second-order valence-electron chi connectivity index (χ2n) is 5.56. The first-order chi connectivity index (χ1) is 11.4. The number of aromatic amines is 1. The highest BCUT2D eigenvalue weighted by atomic mass is 35.5. The topological polar surface area (TPSA) is 73.3 Å². The summed E-state index contributed by atoms with van der Waals surface area (Å²) in [5, 5.41) is 20.8. The van der Waals surface area contributed by atoms with E-state index in [0.717, 1.165) is 25.7 Å². The van der Waals surface area contributed by atoms with Crippen molar-refractivity contribution >= 4 is 40.6 Å². The maximum atomic E-state index is 12.7. The molecular formula is C17H18Cl3NO3. The van der Waals surface area contributed by atoms with Gasteiger partial charge in [0.15, 0.2) is 0 Å². The van der Waals surface area contributed by atoms with Gasteiger partial charge in [-0.25, -0.2) is 0 Å². The largest absolute Gasteiger partial charge is 0.507 e. The lowest BCUT2D eigenvalue weighted by Gasteiger charge is -2.12. The number of phenols is 2. The second-order valence-corrected chi connectivity index (χ2v) is 6.72. The number of nitrogens with one attached hydrogen (secondary N) is 1. The lowest BCUT2D eigenvalue weighted by molar-refractivity contribution is 0.103. The number of hydrogen-bond acceptors (Lipinski definition) is 3. The number of unbranched alkanes of at least 4 members (excludes halogenated alkanes) is 3. The van der Waals surface area contributed by atoms with Crippen LogP contribution in [0.25, 0.3) is 0 Å². The Morgan fingerprint density at radius 3 is 2.42 bits per heavy atom. The fraction of sp³-hybridized carbons (Fsp3) is 0.353. The molecule has 0 atom stereocenters. The van der Waals surface area contributed by atoms with Gasteiger partial charge in [0.2, 0.25) is 5.78 Å². The van der Waals surface area contributed by atoms with Crippen molar-refractivity contribution in [1.82, 2.24) is 4.98 Å². The van der Waals surface area contributed by atoms with Gasteiger partial charge in [-0.15, -0.1) is 0 Å². The van der Waals surface area contributed by atoms with E-state index in [-0.39, 0.29) is 32.1 Å². The Labute approximate surface area is 155 Å². The first-order valence-electron chi connectivity index (χ1n) is 7.68. The van der Waals surface area contributed by atoms with Crippen molar-refractivity contribution in [2.24, 2.45) is 0 Å². The van der Waals surface area contributed by atoms with E-state index in [1.807, 2.05) is 0 Å². The van der Waals surface area contributed by atoms with Crippen molar-refractivity contribution in [3.63, 3.8) is 0 Å². The van der Waals surface area contributed by atoms with Crippen LogP contribution in [0.1, 0.15) is 54.1 Å². The predicted octanol–water partition coefficient (Wildman–Crippen LogP) is 5.74. The smallest absolute Gasteiger partial charge is 0.203 e. The van der Waals surface area contributed by atoms with Crippen LogP contribution in [0.2, 0.25) is 15.2 Å². The number of aromatic nitrogens is 1. The molecular weight excluding hydrogens is 373 g/mol. The molecule has 0 unspecified atom stereocenters. The van der Waals surface area contributed by atoms with Crippen molar-refractivity contribution in [3.8, 4) is 11.5 Å². The molecule has 2 aromatic rings. The minimum atomic E-state index is -0.643. The van der Waals surface area contributed by atoms with Crippen molar-refractivity contribution in [2.45, 2.75) is 39.0 Å². The molecule has 0 spiro atoms. The van der Waals surface area contributed by atoms with Crippen molar-refractivity contribution in [2.75, 3.05) is 0 Å². The van der Waals surface area contributed by atoms with Gasteiger partial charge in [-0.05, 0) is 24.5 Å². The number of rotatable bonds is 7. The van der Waals surface area contributed by atoms with Crippen molar-refractivity contribution < 1.29 is 15.0 Å². The van der Waals surface area contributed by atoms with Gasteiger partial charge in [0, 0.05) is 6.20 Å². The normalized spacial score (nSPS) is 11.0. The molecule has 0 saturated heterocycles. The van der Waals surface area contributed by atoms with Gasteiger partial charge in [0.25, 0.3) is 0 Å². The Bertz CT molecular complexity index is 756. The van der Waals surface area contributed by atoms with Crippen molar-refractivity contribution in [1.29, 1.82) is 0 Å². The van der Waals surface area contributed by atoms with Crippen LogP contribution in [-0.4, -0.2) is 21.0 Å². The Kier molecular flexibility index (Phi) is 6.44. The number of aromatic hydroxyl groups is 2. The van der Waals surface area contributed by atoms with Crippen LogP contribution in [0.15, 0.2) is 12.3 Å². The molecule has 1 aromatic heterocycles.